The first-order valence-corrected chi connectivity index (χ1v) is 6.74. The van der Waals surface area contributed by atoms with Gasteiger partial charge in [0, 0.05) is 17.5 Å². The van der Waals surface area contributed by atoms with Crippen molar-refractivity contribution in [1.29, 1.82) is 0 Å². The minimum Gasteiger partial charge on any atom is -0.481 e. The number of rotatable bonds is 6. The minimum absolute atomic E-state index is 0.0770. The SMILES string of the molecule is Nc1nc(-c2ccccc2)c(CCCCC(=O)O)c(=O)[nH]1. The molecule has 0 atom stereocenters. The number of nitrogens with one attached hydrogen (secondary N) is 1. The molecule has 0 saturated carbocycles. The number of carbonyl (C=O) groups is 1. The number of carboxylic acid groups (broad SMARTS) is 1. The van der Waals surface area contributed by atoms with Crippen LogP contribution in [0.4, 0.5) is 5.95 Å². The molecule has 110 valence electrons. The Kier molecular flexibility index (Phi) is 4.71. The number of benzene rings is 1. The Morgan fingerprint density at radius 3 is 2.62 bits per heavy atom. The van der Waals surface area contributed by atoms with Gasteiger partial charge in [0.1, 0.15) is 0 Å². The molecule has 0 amide bonds. The predicted molar refractivity (Wildman–Crippen MR) is 79.9 cm³/mol. The second-order valence-corrected chi connectivity index (χ2v) is 4.75. The Morgan fingerprint density at radius 1 is 1.24 bits per heavy atom. The average Bonchev–Trinajstić information content (AvgIpc) is 2.45. The maximum atomic E-state index is 12.1. The fourth-order valence-electron chi connectivity index (χ4n) is 2.16. The number of anilines is 1. The van der Waals surface area contributed by atoms with Gasteiger partial charge in [-0.25, -0.2) is 4.98 Å². The van der Waals surface area contributed by atoms with Gasteiger partial charge in [0.25, 0.3) is 5.56 Å². The summed E-state index contributed by atoms with van der Waals surface area (Å²) in [5, 5.41) is 8.64. The topological polar surface area (TPSA) is 109 Å². The predicted octanol–water partition coefficient (Wildman–Crippen LogP) is 1.82. The summed E-state index contributed by atoms with van der Waals surface area (Å²) in [7, 11) is 0. The molecule has 0 aliphatic heterocycles. The summed E-state index contributed by atoms with van der Waals surface area (Å²) in [6.07, 6.45) is 1.70. The van der Waals surface area contributed by atoms with E-state index in [9.17, 15) is 9.59 Å². The van der Waals surface area contributed by atoms with Crippen LogP contribution in [0.5, 0.6) is 0 Å². The molecule has 0 radical (unpaired) electrons. The Balaban J connectivity index is 2.27. The van der Waals surface area contributed by atoms with Gasteiger partial charge in [-0.15, -0.1) is 0 Å². The highest BCUT2D eigenvalue weighted by Gasteiger charge is 2.12. The van der Waals surface area contributed by atoms with Crippen molar-refractivity contribution >= 4 is 11.9 Å². The monoisotopic (exact) mass is 287 g/mol. The second-order valence-electron chi connectivity index (χ2n) is 4.75. The largest absolute Gasteiger partial charge is 0.481 e. The summed E-state index contributed by atoms with van der Waals surface area (Å²) >= 11 is 0. The van der Waals surface area contributed by atoms with Crippen LogP contribution in [0.15, 0.2) is 35.1 Å². The van der Waals surface area contributed by atoms with E-state index in [1.165, 1.54) is 0 Å². The quantitative estimate of drug-likeness (QED) is 0.702. The third-order valence-electron chi connectivity index (χ3n) is 3.15. The van der Waals surface area contributed by atoms with Crippen LogP contribution in [-0.4, -0.2) is 21.0 Å². The van der Waals surface area contributed by atoms with Crippen molar-refractivity contribution in [3.8, 4) is 11.3 Å². The Bertz CT molecular complexity index is 680. The molecule has 0 aliphatic rings. The minimum atomic E-state index is -0.831. The lowest BCUT2D eigenvalue weighted by molar-refractivity contribution is -0.137. The number of nitrogens with two attached hydrogens (primary N) is 1. The number of aromatic nitrogens is 2. The van der Waals surface area contributed by atoms with Crippen LogP contribution in [0.1, 0.15) is 24.8 Å². The molecule has 0 fully saturated rings. The molecular formula is C15H17N3O3. The van der Waals surface area contributed by atoms with Gasteiger partial charge in [0.2, 0.25) is 5.95 Å². The molecule has 1 aromatic carbocycles. The summed E-state index contributed by atoms with van der Waals surface area (Å²) in [4.78, 5) is 29.3. The van der Waals surface area contributed by atoms with Gasteiger partial charge in [-0.1, -0.05) is 30.3 Å². The standard InChI is InChI=1S/C15H17N3O3/c16-15-17-13(10-6-2-1-3-7-10)11(14(21)18-15)8-4-5-9-12(19)20/h1-3,6-7H,4-5,8-9H2,(H,19,20)(H3,16,17,18,21). The van der Waals surface area contributed by atoms with Gasteiger partial charge in [-0.05, 0) is 19.3 Å². The van der Waals surface area contributed by atoms with E-state index in [1.807, 2.05) is 30.3 Å². The molecule has 1 aromatic heterocycles. The highest BCUT2D eigenvalue weighted by atomic mass is 16.4. The van der Waals surface area contributed by atoms with E-state index in [1.54, 1.807) is 0 Å². The van der Waals surface area contributed by atoms with Crippen molar-refractivity contribution in [2.45, 2.75) is 25.7 Å². The summed E-state index contributed by atoms with van der Waals surface area (Å²) < 4.78 is 0. The van der Waals surface area contributed by atoms with Crippen LogP contribution in [0.2, 0.25) is 0 Å². The van der Waals surface area contributed by atoms with Crippen LogP contribution in [-0.2, 0) is 11.2 Å². The lowest BCUT2D eigenvalue weighted by Gasteiger charge is -2.08. The molecule has 2 rings (SSSR count). The summed E-state index contributed by atoms with van der Waals surface area (Å²) in [5.41, 5.74) is 7.28. The smallest absolute Gasteiger partial charge is 0.303 e. The molecule has 0 spiro atoms. The van der Waals surface area contributed by atoms with Crippen LogP contribution < -0.4 is 11.3 Å². The number of aromatic amines is 1. The number of unbranched alkanes of at least 4 members (excludes halogenated alkanes) is 1. The molecule has 0 unspecified atom stereocenters. The van der Waals surface area contributed by atoms with Crippen molar-refractivity contribution in [2.24, 2.45) is 0 Å². The van der Waals surface area contributed by atoms with Crippen LogP contribution in [0.25, 0.3) is 11.3 Å². The molecular weight excluding hydrogens is 270 g/mol. The van der Waals surface area contributed by atoms with Gasteiger partial charge in [0.05, 0.1) is 5.69 Å². The molecule has 4 N–H and O–H groups in total. The fourth-order valence-corrected chi connectivity index (χ4v) is 2.16. The number of carboxylic acids is 1. The fraction of sp³-hybridized carbons (Fsp3) is 0.267. The van der Waals surface area contributed by atoms with Gasteiger partial charge >= 0.3 is 5.97 Å². The summed E-state index contributed by atoms with van der Waals surface area (Å²) in [6, 6.07) is 9.34. The molecule has 2 aromatic rings. The molecule has 6 heteroatoms. The van der Waals surface area contributed by atoms with Crippen molar-refractivity contribution in [2.75, 3.05) is 5.73 Å². The first kappa shape index (κ1) is 14.8. The zero-order chi connectivity index (χ0) is 15.2. The van der Waals surface area contributed by atoms with Gasteiger partial charge in [-0.3, -0.25) is 14.6 Å². The Hall–Kier alpha value is -2.63. The van der Waals surface area contributed by atoms with E-state index in [0.29, 0.717) is 30.5 Å². The molecule has 1 heterocycles. The van der Waals surface area contributed by atoms with Gasteiger partial charge in [-0.2, -0.15) is 0 Å². The third-order valence-corrected chi connectivity index (χ3v) is 3.15. The number of nitrogens with zero attached hydrogens (tertiary/aromatic N) is 1. The number of H-pyrrole nitrogens is 1. The highest BCUT2D eigenvalue weighted by molar-refractivity contribution is 5.66. The zero-order valence-corrected chi connectivity index (χ0v) is 11.5. The lowest BCUT2D eigenvalue weighted by atomic mass is 10.0. The number of hydrogen-bond acceptors (Lipinski definition) is 4. The van der Waals surface area contributed by atoms with Gasteiger partial charge < -0.3 is 10.8 Å². The van der Waals surface area contributed by atoms with Crippen molar-refractivity contribution < 1.29 is 9.90 Å². The second kappa shape index (κ2) is 6.69. The molecule has 21 heavy (non-hydrogen) atoms. The summed E-state index contributed by atoms with van der Waals surface area (Å²) in [5.74, 6) is -0.754. The third kappa shape index (κ3) is 3.92. The number of aliphatic carboxylic acids is 1. The van der Waals surface area contributed by atoms with E-state index in [0.717, 1.165) is 5.56 Å². The number of hydrogen-bond donors (Lipinski definition) is 3. The van der Waals surface area contributed by atoms with E-state index in [4.69, 9.17) is 10.8 Å². The highest BCUT2D eigenvalue weighted by Crippen LogP contribution is 2.20. The van der Waals surface area contributed by atoms with E-state index >= 15 is 0 Å². The van der Waals surface area contributed by atoms with Crippen molar-refractivity contribution in [3.05, 3.63) is 46.2 Å². The normalized spacial score (nSPS) is 10.5. The van der Waals surface area contributed by atoms with Crippen LogP contribution >= 0.6 is 0 Å². The number of nitrogen functional groups attached to an aromatic ring is 1. The van der Waals surface area contributed by atoms with E-state index < -0.39 is 5.97 Å². The Morgan fingerprint density at radius 2 is 1.95 bits per heavy atom. The Labute approximate surface area is 121 Å². The van der Waals surface area contributed by atoms with Crippen LogP contribution in [0.3, 0.4) is 0 Å². The first-order valence-electron chi connectivity index (χ1n) is 6.74. The zero-order valence-electron chi connectivity index (χ0n) is 11.5. The van der Waals surface area contributed by atoms with E-state index in [-0.39, 0.29) is 17.9 Å². The summed E-state index contributed by atoms with van der Waals surface area (Å²) in [6.45, 7) is 0. The molecule has 0 bridgehead atoms. The maximum Gasteiger partial charge on any atom is 0.303 e. The van der Waals surface area contributed by atoms with Crippen LogP contribution in [0, 0.1) is 0 Å². The van der Waals surface area contributed by atoms with E-state index in [2.05, 4.69) is 9.97 Å². The van der Waals surface area contributed by atoms with Crippen molar-refractivity contribution in [1.82, 2.24) is 9.97 Å². The first-order chi connectivity index (χ1) is 10.1. The lowest BCUT2D eigenvalue weighted by Crippen LogP contribution is -2.18. The van der Waals surface area contributed by atoms with Crippen molar-refractivity contribution in [3.63, 3.8) is 0 Å². The molecule has 0 aliphatic carbocycles. The maximum absolute atomic E-state index is 12.1. The van der Waals surface area contributed by atoms with Gasteiger partial charge in [0.15, 0.2) is 0 Å². The molecule has 0 saturated heterocycles. The molecule has 6 nitrogen and oxygen atoms in total. The average molecular weight is 287 g/mol.